The summed E-state index contributed by atoms with van der Waals surface area (Å²) in [5.41, 5.74) is 2.17. The molecule has 6 heteroatoms. The Morgan fingerprint density at radius 2 is 2.19 bits per heavy atom. The minimum absolute atomic E-state index is 0.245. The molecule has 3 rings (SSSR count). The molecule has 0 saturated heterocycles. The summed E-state index contributed by atoms with van der Waals surface area (Å²) in [6.07, 6.45) is 1.64. The highest BCUT2D eigenvalue weighted by molar-refractivity contribution is 5.77. The van der Waals surface area contributed by atoms with Crippen molar-refractivity contribution < 1.29 is 13.5 Å². The maximum Gasteiger partial charge on any atom is 0.228 e. The third-order valence-corrected chi connectivity index (χ3v) is 3.01. The fraction of sp³-hybridized carbons (Fsp3) is 0.200. The smallest absolute Gasteiger partial charge is 0.228 e. The van der Waals surface area contributed by atoms with Crippen LogP contribution < -0.4 is 10.1 Å². The van der Waals surface area contributed by atoms with Gasteiger partial charge in [0, 0.05) is 18.8 Å². The average Bonchev–Trinajstić information content (AvgIpc) is 2.96. The van der Waals surface area contributed by atoms with Crippen LogP contribution in [0.25, 0.3) is 22.6 Å². The third-order valence-electron chi connectivity index (χ3n) is 3.01. The Morgan fingerprint density at radius 3 is 2.90 bits per heavy atom. The number of oxazole rings is 1. The first-order valence-electron chi connectivity index (χ1n) is 6.51. The summed E-state index contributed by atoms with van der Waals surface area (Å²) in [5.74, 6) is 1.83. The van der Waals surface area contributed by atoms with E-state index in [1.807, 2.05) is 18.2 Å². The molecule has 0 radical (unpaired) electrons. The van der Waals surface area contributed by atoms with Gasteiger partial charge >= 0.3 is 0 Å². The number of anilines is 1. The summed E-state index contributed by atoms with van der Waals surface area (Å²) in [6.45, 7) is -0.189. The van der Waals surface area contributed by atoms with Crippen LogP contribution in [0.2, 0.25) is 0 Å². The molecular formula is C15H14FN3O2. The van der Waals surface area contributed by atoms with Crippen molar-refractivity contribution >= 4 is 16.9 Å². The van der Waals surface area contributed by atoms with Gasteiger partial charge in [0.1, 0.15) is 23.8 Å². The van der Waals surface area contributed by atoms with Gasteiger partial charge in [-0.3, -0.25) is 0 Å². The van der Waals surface area contributed by atoms with Gasteiger partial charge in [-0.2, -0.15) is 0 Å². The SMILES string of the molecule is COc1ccc2nc(-c3ccc(NCCF)nc3)oc2c1. The molecule has 0 aliphatic carbocycles. The number of nitrogens with one attached hydrogen (secondary N) is 1. The van der Waals surface area contributed by atoms with Gasteiger partial charge in [0.05, 0.1) is 12.7 Å². The van der Waals surface area contributed by atoms with E-state index in [0.717, 1.165) is 11.1 Å². The van der Waals surface area contributed by atoms with E-state index in [1.54, 1.807) is 25.4 Å². The van der Waals surface area contributed by atoms with E-state index >= 15 is 0 Å². The van der Waals surface area contributed by atoms with Gasteiger partial charge in [-0.15, -0.1) is 0 Å². The molecule has 0 amide bonds. The van der Waals surface area contributed by atoms with Crippen LogP contribution in [0.3, 0.4) is 0 Å². The maximum absolute atomic E-state index is 12.1. The number of alkyl halides is 1. The van der Waals surface area contributed by atoms with Gasteiger partial charge in [-0.25, -0.2) is 14.4 Å². The average molecular weight is 287 g/mol. The molecule has 0 aliphatic heterocycles. The highest BCUT2D eigenvalue weighted by Crippen LogP contribution is 2.26. The summed E-state index contributed by atoms with van der Waals surface area (Å²) in [7, 11) is 1.60. The summed E-state index contributed by atoms with van der Waals surface area (Å²) in [6, 6.07) is 9.05. The zero-order chi connectivity index (χ0) is 14.7. The molecule has 0 saturated carbocycles. The Hall–Kier alpha value is -2.63. The fourth-order valence-corrected chi connectivity index (χ4v) is 1.96. The molecule has 0 spiro atoms. The van der Waals surface area contributed by atoms with Crippen LogP contribution in [0.5, 0.6) is 5.75 Å². The standard InChI is InChI=1S/C15H14FN3O2/c1-20-11-3-4-12-13(8-11)21-15(19-12)10-2-5-14(18-9-10)17-7-6-16/h2-5,8-9H,6-7H2,1H3,(H,17,18). The van der Waals surface area contributed by atoms with Crippen molar-refractivity contribution in [3.05, 3.63) is 36.5 Å². The van der Waals surface area contributed by atoms with Gasteiger partial charge in [0.2, 0.25) is 5.89 Å². The first-order valence-corrected chi connectivity index (χ1v) is 6.51. The number of fused-ring (bicyclic) bond motifs is 1. The third kappa shape index (κ3) is 2.79. The monoisotopic (exact) mass is 287 g/mol. The number of aromatic nitrogens is 2. The summed E-state index contributed by atoms with van der Waals surface area (Å²) in [5, 5.41) is 2.86. The van der Waals surface area contributed by atoms with E-state index in [0.29, 0.717) is 23.0 Å². The molecular weight excluding hydrogens is 273 g/mol. The second kappa shape index (κ2) is 5.78. The molecule has 3 aromatic rings. The van der Waals surface area contributed by atoms with Gasteiger partial charge in [-0.1, -0.05) is 0 Å². The van der Waals surface area contributed by atoms with Gasteiger partial charge in [0.15, 0.2) is 5.58 Å². The van der Waals surface area contributed by atoms with Crippen molar-refractivity contribution in [1.82, 2.24) is 9.97 Å². The number of halogens is 1. The number of hydrogen-bond donors (Lipinski definition) is 1. The molecule has 0 bridgehead atoms. The minimum Gasteiger partial charge on any atom is -0.497 e. The molecule has 5 nitrogen and oxygen atoms in total. The summed E-state index contributed by atoms with van der Waals surface area (Å²) < 4.78 is 22.9. The Balaban J connectivity index is 1.89. The van der Waals surface area contributed by atoms with Crippen LogP contribution in [0.15, 0.2) is 40.9 Å². The lowest BCUT2D eigenvalue weighted by atomic mass is 10.3. The molecule has 0 atom stereocenters. The molecule has 2 aromatic heterocycles. The molecule has 0 unspecified atom stereocenters. The van der Waals surface area contributed by atoms with E-state index in [2.05, 4.69) is 15.3 Å². The largest absolute Gasteiger partial charge is 0.497 e. The predicted molar refractivity (Wildman–Crippen MR) is 78.3 cm³/mol. The number of hydrogen-bond acceptors (Lipinski definition) is 5. The number of ether oxygens (including phenoxy) is 1. The lowest BCUT2D eigenvalue weighted by Crippen LogP contribution is -2.04. The number of rotatable bonds is 5. The molecule has 0 aliphatic rings. The van der Waals surface area contributed by atoms with Crippen molar-refractivity contribution in [3.63, 3.8) is 0 Å². The van der Waals surface area contributed by atoms with Crippen LogP contribution >= 0.6 is 0 Å². The zero-order valence-corrected chi connectivity index (χ0v) is 11.5. The van der Waals surface area contributed by atoms with Crippen molar-refractivity contribution in [2.45, 2.75) is 0 Å². The van der Waals surface area contributed by atoms with E-state index in [-0.39, 0.29) is 6.54 Å². The number of benzene rings is 1. The molecule has 21 heavy (non-hydrogen) atoms. The quantitative estimate of drug-likeness (QED) is 0.780. The van der Waals surface area contributed by atoms with Crippen LogP contribution in [-0.2, 0) is 0 Å². The molecule has 1 aromatic carbocycles. The first kappa shape index (κ1) is 13.4. The number of methoxy groups -OCH3 is 1. The highest BCUT2D eigenvalue weighted by Gasteiger charge is 2.09. The Bertz CT molecular complexity index is 740. The fourth-order valence-electron chi connectivity index (χ4n) is 1.96. The van der Waals surface area contributed by atoms with E-state index in [4.69, 9.17) is 9.15 Å². The predicted octanol–water partition coefficient (Wildman–Crippen LogP) is 3.28. The van der Waals surface area contributed by atoms with Crippen molar-refractivity contribution in [2.24, 2.45) is 0 Å². The Labute approximate surface area is 120 Å². The Kier molecular flexibility index (Phi) is 3.68. The van der Waals surface area contributed by atoms with Crippen molar-refractivity contribution in [1.29, 1.82) is 0 Å². The number of pyridine rings is 1. The molecule has 108 valence electrons. The molecule has 1 N–H and O–H groups in total. The first-order chi connectivity index (χ1) is 10.3. The topological polar surface area (TPSA) is 60.2 Å². The van der Waals surface area contributed by atoms with Crippen LogP contribution in [0, 0.1) is 0 Å². The van der Waals surface area contributed by atoms with Crippen molar-refractivity contribution in [3.8, 4) is 17.2 Å². The van der Waals surface area contributed by atoms with Gasteiger partial charge < -0.3 is 14.5 Å². The number of nitrogens with zero attached hydrogens (tertiary/aromatic N) is 2. The summed E-state index contributed by atoms with van der Waals surface area (Å²) >= 11 is 0. The Morgan fingerprint density at radius 1 is 1.29 bits per heavy atom. The van der Waals surface area contributed by atoms with Crippen LogP contribution in [0.1, 0.15) is 0 Å². The van der Waals surface area contributed by atoms with Gasteiger partial charge in [-0.05, 0) is 24.3 Å². The van der Waals surface area contributed by atoms with Crippen molar-refractivity contribution in [2.75, 3.05) is 25.6 Å². The normalized spacial score (nSPS) is 10.8. The minimum atomic E-state index is -0.434. The molecule has 2 heterocycles. The maximum atomic E-state index is 12.1. The lowest BCUT2D eigenvalue weighted by Gasteiger charge is -2.02. The highest BCUT2D eigenvalue weighted by atomic mass is 19.1. The van der Waals surface area contributed by atoms with E-state index < -0.39 is 6.67 Å². The van der Waals surface area contributed by atoms with Crippen LogP contribution in [0.4, 0.5) is 10.2 Å². The van der Waals surface area contributed by atoms with E-state index in [9.17, 15) is 4.39 Å². The lowest BCUT2D eigenvalue weighted by molar-refractivity contribution is 0.414. The van der Waals surface area contributed by atoms with Gasteiger partial charge in [0.25, 0.3) is 0 Å². The molecule has 0 fully saturated rings. The zero-order valence-electron chi connectivity index (χ0n) is 11.5. The van der Waals surface area contributed by atoms with Crippen LogP contribution in [-0.4, -0.2) is 30.3 Å². The second-order valence-electron chi connectivity index (χ2n) is 4.40. The van der Waals surface area contributed by atoms with E-state index in [1.165, 1.54) is 0 Å². The second-order valence-corrected chi connectivity index (χ2v) is 4.40. The summed E-state index contributed by atoms with van der Waals surface area (Å²) in [4.78, 5) is 8.60.